The predicted molar refractivity (Wildman–Crippen MR) is 77.5 cm³/mol. The lowest BCUT2D eigenvalue weighted by molar-refractivity contribution is -0.123. The van der Waals surface area contributed by atoms with Crippen molar-refractivity contribution in [3.63, 3.8) is 0 Å². The summed E-state index contributed by atoms with van der Waals surface area (Å²) in [7, 11) is 0. The van der Waals surface area contributed by atoms with Crippen molar-refractivity contribution < 1.29 is 19.0 Å². The second-order valence-electron chi connectivity index (χ2n) is 4.61. The van der Waals surface area contributed by atoms with Gasteiger partial charge in [-0.25, -0.2) is 4.39 Å². The molecule has 0 saturated carbocycles. The minimum absolute atomic E-state index is 0.228. The van der Waals surface area contributed by atoms with Crippen molar-refractivity contribution in [3.8, 4) is 5.75 Å². The number of rotatable bonds is 5. The zero-order valence-electron chi connectivity index (χ0n) is 11.5. The molecule has 2 N–H and O–H groups in total. The number of anilines is 1. The lowest BCUT2D eigenvalue weighted by atomic mass is 10.2. The number of hydrogen-bond acceptors (Lipinski definition) is 3. The van der Waals surface area contributed by atoms with Crippen LogP contribution >= 0.6 is 0 Å². The van der Waals surface area contributed by atoms with Crippen LogP contribution in [0.4, 0.5) is 10.1 Å². The maximum Gasteiger partial charge on any atom is 0.252 e. The Morgan fingerprint density at radius 2 is 2.05 bits per heavy atom. The second-order valence-corrected chi connectivity index (χ2v) is 4.61. The fourth-order valence-electron chi connectivity index (χ4n) is 1.70. The van der Waals surface area contributed by atoms with Gasteiger partial charge in [-0.15, -0.1) is 0 Å². The van der Waals surface area contributed by atoms with Crippen LogP contribution in [0.15, 0.2) is 48.5 Å². The van der Waals surface area contributed by atoms with Gasteiger partial charge in [0.25, 0.3) is 5.91 Å². The molecule has 2 aromatic rings. The summed E-state index contributed by atoms with van der Waals surface area (Å²) in [4.78, 5) is 11.4. The van der Waals surface area contributed by atoms with Crippen LogP contribution in [0.2, 0.25) is 0 Å². The Bertz CT molecular complexity index is 628. The van der Waals surface area contributed by atoms with E-state index in [4.69, 9.17) is 9.84 Å². The van der Waals surface area contributed by atoms with Gasteiger partial charge in [0, 0.05) is 11.8 Å². The number of amides is 1. The van der Waals surface area contributed by atoms with Crippen molar-refractivity contribution in [1.29, 1.82) is 0 Å². The average molecular weight is 289 g/mol. The molecule has 21 heavy (non-hydrogen) atoms. The van der Waals surface area contributed by atoms with Crippen LogP contribution in [-0.4, -0.2) is 17.1 Å². The molecule has 0 saturated heterocycles. The number of ether oxygens (including phenoxy) is 1. The molecule has 0 spiro atoms. The van der Waals surface area contributed by atoms with Crippen LogP contribution in [0.25, 0.3) is 0 Å². The van der Waals surface area contributed by atoms with Crippen molar-refractivity contribution in [2.24, 2.45) is 0 Å². The summed E-state index contributed by atoms with van der Waals surface area (Å²) in [5, 5.41) is 11.7. The van der Waals surface area contributed by atoms with Gasteiger partial charge in [-0.1, -0.05) is 18.2 Å². The highest BCUT2D eigenvalue weighted by Gasteiger charge is 2.09. The van der Waals surface area contributed by atoms with Crippen LogP contribution in [0.3, 0.4) is 0 Å². The largest absolute Gasteiger partial charge is 0.489 e. The van der Waals surface area contributed by atoms with Gasteiger partial charge >= 0.3 is 0 Å². The molecule has 0 bridgehead atoms. The van der Waals surface area contributed by atoms with E-state index in [0.717, 1.165) is 0 Å². The molecule has 2 rings (SSSR count). The maximum atomic E-state index is 13.0. The summed E-state index contributed by atoms with van der Waals surface area (Å²) in [5.74, 6) is -0.256. The summed E-state index contributed by atoms with van der Waals surface area (Å²) in [6, 6.07) is 12.9. The number of halogens is 1. The van der Waals surface area contributed by atoms with E-state index < -0.39 is 12.0 Å². The quantitative estimate of drug-likeness (QED) is 0.889. The summed E-state index contributed by atoms with van der Waals surface area (Å²) < 4.78 is 18.6. The Labute approximate surface area is 122 Å². The van der Waals surface area contributed by atoms with Gasteiger partial charge in [-0.3, -0.25) is 4.79 Å². The number of hydrogen-bond donors (Lipinski definition) is 2. The average Bonchev–Trinajstić information content (AvgIpc) is 2.45. The van der Waals surface area contributed by atoms with Crippen molar-refractivity contribution in [2.45, 2.75) is 19.6 Å². The first kappa shape index (κ1) is 15.0. The summed E-state index contributed by atoms with van der Waals surface area (Å²) >= 11 is 0. The number of aliphatic hydroxyl groups excluding tert-OH is 1. The Morgan fingerprint density at radius 3 is 2.76 bits per heavy atom. The summed E-state index contributed by atoms with van der Waals surface area (Å²) in [6.07, 6.45) is -1.08. The standard InChI is InChI=1S/C16H16FNO3/c1-11(19)16(20)18-14-6-3-7-15(9-14)21-10-12-4-2-5-13(17)8-12/h2-9,11,19H,10H2,1H3,(H,18,20). The highest BCUT2D eigenvalue weighted by molar-refractivity contribution is 5.93. The van der Waals surface area contributed by atoms with Gasteiger partial charge in [0.05, 0.1) is 0 Å². The summed E-state index contributed by atoms with van der Waals surface area (Å²) in [6.45, 7) is 1.62. The lowest BCUT2D eigenvalue weighted by Crippen LogP contribution is -2.24. The first-order valence-corrected chi connectivity index (χ1v) is 6.51. The van der Waals surface area contributed by atoms with Gasteiger partial charge in [-0.05, 0) is 36.8 Å². The highest BCUT2D eigenvalue weighted by Crippen LogP contribution is 2.19. The number of aliphatic hydroxyl groups is 1. The van der Waals surface area contributed by atoms with Crippen LogP contribution < -0.4 is 10.1 Å². The molecule has 0 heterocycles. The SMILES string of the molecule is CC(O)C(=O)Nc1cccc(OCc2cccc(F)c2)c1. The fraction of sp³-hybridized carbons (Fsp3) is 0.188. The Balaban J connectivity index is 1.99. The molecule has 4 nitrogen and oxygen atoms in total. The maximum absolute atomic E-state index is 13.0. The second kappa shape index (κ2) is 6.85. The minimum Gasteiger partial charge on any atom is -0.489 e. The minimum atomic E-state index is -1.08. The molecule has 1 unspecified atom stereocenters. The molecule has 1 amide bonds. The third-order valence-electron chi connectivity index (χ3n) is 2.78. The number of nitrogens with one attached hydrogen (secondary N) is 1. The lowest BCUT2D eigenvalue weighted by Gasteiger charge is -2.10. The molecular formula is C16H16FNO3. The summed E-state index contributed by atoms with van der Waals surface area (Å²) in [5.41, 5.74) is 1.24. The van der Waals surface area contributed by atoms with E-state index in [1.165, 1.54) is 19.1 Å². The molecule has 5 heteroatoms. The first-order valence-electron chi connectivity index (χ1n) is 6.51. The molecular weight excluding hydrogens is 273 g/mol. The third kappa shape index (κ3) is 4.57. The van der Waals surface area contributed by atoms with Crippen molar-refractivity contribution in [1.82, 2.24) is 0 Å². The number of carbonyl (C=O) groups excluding carboxylic acids is 1. The van der Waals surface area contributed by atoms with E-state index in [0.29, 0.717) is 17.0 Å². The molecule has 0 aliphatic carbocycles. The monoisotopic (exact) mass is 289 g/mol. The molecule has 0 fully saturated rings. The normalized spacial score (nSPS) is 11.8. The zero-order valence-corrected chi connectivity index (χ0v) is 11.5. The van der Waals surface area contributed by atoms with Crippen molar-refractivity contribution in [2.75, 3.05) is 5.32 Å². The van der Waals surface area contributed by atoms with Crippen LogP contribution in [0.1, 0.15) is 12.5 Å². The van der Waals surface area contributed by atoms with Gasteiger partial charge in [-0.2, -0.15) is 0 Å². The van der Waals surface area contributed by atoms with E-state index >= 15 is 0 Å². The predicted octanol–water partition coefficient (Wildman–Crippen LogP) is 2.72. The first-order chi connectivity index (χ1) is 10.0. The van der Waals surface area contributed by atoms with Crippen LogP contribution in [0, 0.1) is 5.82 Å². The number of benzene rings is 2. The van der Waals surface area contributed by atoms with Gasteiger partial charge in [0.15, 0.2) is 0 Å². The van der Waals surface area contributed by atoms with Crippen LogP contribution in [-0.2, 0) is 11.4 Å². The van der Waals surface area contributed by atoms with E-state index in [9.17, 15) is 9.18 Å². The number of carbonyl (C=O) groups is 1. The smallest absolute Gasteiger partial charge is 0.252 e. The topological polar surface area (TPSA) is 58.6 Å². The van der Waals surface area contributed by atoms with E-state index in [1.54, 1.807) is 36.4 Å². The molecule has 0 aliphatic heterocycles. The third-order valence-corrected chi connectivity index (χ3v) is 2.78. The molecule has 110 valence electrons. The molecule has 2 aromatic carbocycles. The van der Waals surface area contributed by atoms with E-state index in [-0.39, 0.29) is 12.4 Å². The molecule has 0 aliphatic rings. The Kier molecular flexibility index (Phi) is 4.90. The highest BCUT2D eigenvalue weighted by atomic mass is 19.1. The van der Waals surface area contributed by atoms with E-state index in [1.807, 2.05) is 0 Å². The Morgan fingerprint density at radius 1 is 1.29 bits per heavy atom. The van der Waals surface area contributed by atoms with Gasteiger partial charge in [0.1, 0.15) is 24.3 Å². The van der Waals surface area contributed by atoms with Gasteiger partial charge < -0.3 is 15.2 Å². The van der Waals surface area contributed by atoms with Crippen molar-refractivity contribution >= 4 is 11.6 Å². The van der Waals surface area contributed by atoms with Crippen molar-refractivity contribution in [3.05, 3.63) is 59.9 Å². The molecule has 0 aromatic heterocycles. The molecule has 1 atom stereocenters. The van der Waals surface area contributed by atoms with Gasteiger partial charge in [0.2, 0.25) is 0 Å². The van der Waals surface area contributed by atoms with E-state index in [2.05, 4.69) is 5.32 Å². The zero-order chi connectivity index (χ0) is 15.2. The molecule has 0 radical (unpaired) electrons. The Hall–Kier alpha value is -2.40. The fourth-order valence-corrected chi connectivity index (χ4v) is 1.70. The van der Waals surface area contributed by atoms with Crippen LogP contribution in [0.5, 0.6) is 5.75 Å².